The molecule has 2 saturated heterocycles. The van der Waals surface area contributed by atoms with Gasteiger partial charge in [0, 0.05) is 0 Å². The molecule has 2 aromatic carbocycles. The average molecular weight is 384 g/mol. The van der Waals surface area contributed by atoms with Gasteiger partial charge in [0.05, 0.1) is 26.2 Å². The number of para-hydroxylation sites is 2. The third kappa shape index (κ3) is 4.59. The zero-order chi connectivity index (χ0) is 19.3. The summed E-state index contributed by atoms with van der Waals surface area (Å²) < 4.78 is 11.4. The van der Waals surface area contributed by atoms with Crippen molar-refractivity contribution in [3.8, 4) is 11.5 Å². The van der Waals surface area contributed by atoms with Crippen LogP contribution in [0.2, 0.25) is 0 Å². The fourth-order valence-corrected chi connectivity index (χ4v) is 2.79. The fraction of sp³-hybridized carbons (Fsp3) is 0.300. The van der Waals surface area contributed by atoms with E-state index in [4.69, 9.17) is 19.1 Å². The number of rotatable bonds is 6. The molecule has 2 aliphatic heterocycles. The lowest BCUT2D eigenvalue weighted by atomic mass is 10.2. The zero-order valence-corrected chi connectivity index (χ0v) is 15.1. The van der Waals surface area contributed by atoms with E-state index < -0.39 is 11.9 Å². The molecule has 0 N–H and O–H groups in total. The number of hydrogen-bond donors (Lipinski definition) is 0. The highest BCUT2D eigenvalue weighted by Crippen LogP contribution is 2.19. The third-order valence-electron chi connectivity index (χ3n) is 4.31. The van der Waals surface area contributed by atoms with E-state index in [2.05, 4.69) is 0 Å². The molecule has 0 atom stereocenters. The first-order chi connectivity index (χ1) is 13.7. The molecule has 0 spiro atoms. The van der Waals surface area contributed by atoms with Crippen molar-refractivity contribution in [3.05, 3.63) is 60.7 Å². The minimum Gasteiger partial charge on any atom is -0.487 e. The minimum absolute atomic E-state index is 0.0857. The molecule has 2 fully saturated rings. The van der Waals surface area contributed by atoms with Crippen LogP contribution in [0, 0.1) is 0 Å². The lowest BCUT2D eigenvalue weighted by molar-refractivity contribution is -0.250. The van der Waals surface area contributed by atoms with Crippen LogP contribution in [0.3, 0.4) is 0 Å². The van der Waals surface area contributed by atoms with Crippen LogP contribution < -0.4 is 9.47 Å². The van der Waals surface area contributed by atoms with Crippen molar-refractivity contribution in [3.63, 3.8) is 0 Å². The van der Waals surface area contributed by atoms with E-state index in [1.807, 2.05) is 60.7 Å². The van der Waals surface area contributed by atoms with Crippen LogP contribution >= 0.6 is 0 Å². The van der Waals surface area contributed by atoms with Crippen molar-refractivity contribution >= 4 is 11.9 Å². The molecule has 0 aromatic heterocycles. The third-order valence-corrected chi connectivity index (χ3v) is 4.31. The molecule has 0 saturated carbocycles. The molecule has 28 heavy (non-hydrogen) atoms. The molecule has 146 valence electrons. The Morgan fingerprint density at radius 3 is 1.36 bits per heavy atom. The Morgan fingerprint density at radius 1 is 0.643 bits per heavy atom. The molecule has 8 nitrogen and oxygen atoms in total. The zero-order valence-electron chi connectivity index (χ0n) is 15.1. The number of hydrogen-bond acceptors (Lipinski definition) is 8. The molecule has 8 heteroatoms. The Balaban J connectivity index is 1.11. The van der Waals surface area contributed by atoms with Gasteiger partial charge in [0.15, 0.2) is 0 Å². The average Bonchev–Trinajstić information content (AvgIpc) is 2.66. The lowest BCUT2D eigenvalue weighted by Crippen LogP contribution is -2.56. The van der Waals surface area contributed by atoms with Crippen LogP contribution in [-0.2, 0) is 19.3 Å². The Morgan fingerprint density at radius 2 is 1.00 bits per heavy atom. The summed E-state index contributed by atoms with van der Waals surface area (Å²) in [7, 11) is 0. The molecule has 0 unspecified atom stereocenters. The largest absolute Gasteiger partial charge is 0.487 e. The van der Waals surface area contributed by atoms with E-state index >= 15 is 0 Å². The molecule has 0 amide bonds. The van der Waals surface area contributed by atoms with Crippen molar-refractivity contribution in [2.75, 3.05) is 26.2 Å². The molecule has 0 bridgehead atoms. The summed E-state index contributed by atoms with van der Waals surface area (Å²) in [5.74, 6) is -0.595. The van der Waals surface area contributed by atoms with Crippen LogP contribution in [0.4, 0.5) is 0 Å². The van der Waals surface area contributed by atoms with Gasteiger partial charge in [0.25, 0.3) is 0 Å². The van der Waals surface area contributed by atoms with Gasteiger partial charge in [-0.05, 0) is 24.3 Å². The van der Waals surface area contributed by atoms with Crippen molar-refractivity contribution in [1.29, 1.82) is 0 Å². The van der Waals surface area contributed by atoms with Gasteiger partial charge in [0.2, 0.25) is 0 Å². The van der Waals surface area contributed by atoms with E-state index in [1.165, 1.54) is 10.1 Å². The molecular weight excluding hydrogens is 364 g/mol. The van der Waals surface area contributed by atoms with Gasteiger partial charge in [0.1, 0.15) is 23.7 Å². The predicted octanol–water partition coefficient (Wildman–Crippen LogP) is 1.43. The summed E-state index contributed by atoms with van der Waals surface area (Å²) >= 11 is 0. The van der Waals surface area contributed by atoms with Crippen molar-refractivity contribution in [1.82, 2.24) is 10.1 Å². The monoisotopic (exact) mass is 384 g/mol. The van der Waals surface area contributed by atoms with E-state index in [0.717, 1.165) is 11.5 Å². The molecule has 4 rings (SSSR count). The topological polar surface area (TPSA) is 77.5 Å². The van der Waals surface area contributed by atoms with Crippen molar-refractivity contribution < 1.29 is 28.7 Å². The summed E-state index contributed by atoms with van der Waals surface area (Å²) in [6.07, 6.45) is -0.171. The molecule has 0 aliphatic carbocycles. The summed E-state index contributed by atoms with van der Waals surface area (Å²) in [5, 5.41) is 2.74. The van der Waals surface area contributed by atoms with Gasteiger partial charge >= 0.3 is 11.9 Å². The van der Waals surface area contributed by atoms with Crippen LogP contribution in [0.1, 0.15) is 0 Å². The van der Waals surface area contributed by atoms with Gasteiger partial charge in [-0.1, -0.05) is 36.4 Å². The highest BCUT2D eigenvalue weighted by atomic mass is 16.8. The van der Waals surface area contributed by atoms with Gasteiger partial charge in [-0.2, -0.15) is 0 Å². The maximum atomic E-state index is 11.8. The summed E-state index contributed by atoms with van der Waals surface area (Å²) in [4.78, 5) is 33.6. The first-order valence-corrected chi connectivity index (χ1v) is 9.03. The summed E-state index contributed by atoms with van der Waals surface area (Å²) in [6.45, 7) is 1.57. The Labute approximate surface area is 162 Å². The highest BCUT2D eigenvalue weighted by molar-refractivity contribution is 6.29. The van der Waals surface area contributed by atoms with Crippen LogP contribution in [0.25, 0.3) is 0 Å². The quantitative estimate of drug-likeness (QED) is 0.693. The Bertz CT molecular complexity index is 734. The first-order valence-electron chi connectivity index (χ1n) is 9.03. The van der Waals surface area contributed by atoms with Crippen molar-refractivity contribution in [2.24, 2.45) is 0 Å². The summed E-state index contributed by atoms with van der Waals surface area (Å²) in [6, 6.07) is 18.8. The van der Waals surface area contributed by atoms with Gasteiger partial charge < -0.3 is 19.1 Å². The molecule has 0 radical (unpaired) electrons. The van der Waals surface area contributed by atoms with E-state index in [1.54, 1.807) is 0 Å². The summed E-state index contributed by atoms with van der Waals surface area (Å²) in [5.41, 5.74) is 0. The van der Waals surface area contributed by atoms with Crippen LogP contribution in [0.5, 0.6) is 11.5 Å². The van der Waals surface area contributed by atoms with Crippen LogP contribution in [-0.4, -0.2) is 60.5 Å². The standard InChI is InChI=1S/C20H20N2O6/c23-19(27-21-11-17(12-21)25-15-7-3-1-4-8-15)20(24)28-22-13-18(14-22)26-16-9-5-2-6-10-16/h1-10,17-18H,11-14H2. The van der Waals surface area contributed by atoms with Gasteiger partial charge in [-0.15, -0.1) is 10.1 Å². The number of ether oxygens (including phenoxy) is 2. The normalized spacial score (nSPS) is 17.9. The minimum atomic E-state index is -1.05. The molecular formula is C20H20N2O6. The second-order valence-corrected chi connectivity index (χ2v) is 6.56. The van der Waals surface area contributed by atoms with Crippen molar-refractivity contribution in [2.45, 2.75) is 12.2 Å². The second-order valence-electron chi connectivity index (χ2n) is 6.56. The smallest absolute Gasteiger partial charge is 0.438 e. The molecule has 2 heterocycles. The molecule has 2 aliphatic rings. The van der Waals surface area contributed by atoms with Gasteiger partial charge in [-0.3, -0.25) is 0 Å². The maximum Gasteiger partial charge on any atom is 0.438 e. The first kappa shape index (κ1) is 18.3. The van der Waals surface area contributed by atoms with E-state index in [0.29, 0.717) is 26.2 Å². The van der Waals surface area contributed by atoms with Crippen LogP contribution in [0.15, 0.2) is 60.7 Å². The van der Waals surface area contributed by atoms with E-state index in [-0.39, 0.29) is 12.2 Å². The maximum absolute atomic E-state index is 11.8. The predicted molar refractivity (Wildman–Crippen MR) is 97.0 cm³/mol. The highest BCUT2D eigenvalue weighted by Gasteiger charge is 2.37. The Hall–Kier alpha value is -3.10. The van der Waals surface area contributed by atoms with Gasteiger partial charge in [-0.25, -0.2) is 9.59 Å². The fourth-order valence-electron chi connectivity index (χ4n) is 2.79. The second kappa shape index (κ2) is 8.28. The number of carbonyl (C=O) groups is 2. The number of hydroxylamine groups is 4. The van der Waals surface area contributed by atoms with E-state index in [9.17, 15) is 9.59 Å². The SMILES string of the molecule is O=C(ON1CC(Oc2ccccc2)C1)C(=O)ON1CC(Oc2ccccc2)C1. The molecule has 2 aromatic rings. The Kier molecular flexibility index (Phi) is 5.41. The number of carbonyl (C=O) groups excluding carboxylic acids is 2. The lowest BCUT2D eigenvalue weighted by Gasteiger charge is -2.38. The number of benzene rings is 2. The number of nitrogens with zero attached hydrogens (tertiary/aromatic N) is 2.